The molecular weight excluding hydrogens is 448 g/mol. The number of alkyl carbamates (subject to hydrolysis) is 1. The van der Waals surface area contributed by atoms with Gasteiger partial charge in [0.25, 0.3) is 0 Å². The highest BCUT2D eigenvalue weighted by atomic mass is 16.5. The molecule has 5 rings (SSSR count). The van der Waals surface area contributed by atoms with Crippen molar-refractivity contribution in [1.82, 2.24) is 10.2 Å². The van der Waals surface area contributed by atoms with Gasteiger partial charge >= 0.3 is 12.1 Å². The van der Waals surface area contributed by atoms with E-state index in [4.69, 9.17) is 9.47 Å². The molecule has 0 spiro atoms. The Morgan fingerprint density at radius 3 is 2.31 bits per heavy atom. The third-order valence-corrected chi connectivity index (χ3v) is 7.45. The Morgan fingerprint density at radius 1 is 1.06 bits per heavy atom. The molecule has 3 aliphatic rings. The summed E-state index contributed by atoms with van der Waals surface area (Å²) in [5, 5.41) is 12.1. The van der Waals surface area contributed by atoms with Gasteiger partial charge in [-0.2, -0.15) is 0 Å². The van der Waals surface area contributed by atoms with Gasteiger partial charge in [-0.05, 0) is 41.0 Å². The monoisotopic (exact) mass is 478 g/mol. The van der Waals surface area contributed by atoms with E-state index in [2.05, 4.69) is 29.6 Å². The molecule has 1 aliphatic heterocycles. The van der Waals surface area contributed by atoms with Gasteiger partial charge in [-0.3, -0.25) is 4.79 Å². The van der Waals surface area contributed by atoms with Crippen LogP contribution in [0.25, 0.3) is 11.1 Å². The Kier molecular flexibility index (Phi) is 6.72. The molecule has 184 valence electrons. The first-order chi connectivity index (χ1) is 17.0. The molecule has 1 heterocycles. The van der Waals surface area contributed by atoms with Gasteiger partial charge in [0.1, 0.15) is 6.61 Å². The minimum Gasteiger partial charge on any atom is -0.479 e. The van der Waals surface area contributed by atoms with E-state index < -0.39 is 18.2 Å². The summed E-state index contributed by atoms with van der Waals surface area (Å²) in [6.07, 6.45) is 1.55. The average Bonchev–Trinajstić information content (AvgIpc) is 3.15. The van der Waals surface area contributed by atoms with Gasteiger partial charge in [-0.25, -0.2) is 9.59 Å². The Balaban J connectivity index is 1.21. The minimum atomic E-state index is -1.07. The number of amides is 2. The van der Waals surface area contributed by atoms with Crippen molar-refractivity contribution in [3.05, 3.63) is 59.7 Å². The summed E-state index contributed by atoms with van der Waals surface area (Å²) in [5.74, 6) is -1.06. The number of nitrogens with one attached hydrogen (secondary N) is 1. The Labute approximate surface area is 204 Å². The lowest BCUT2D eigenvalue weighted by molar-refractivity contribution is -0.159. The number of rotatable bonds is 7. The molecular formula is C27H30N2O6. The highest BCUT2D eigenvalue weighted by molar-refractivity contribution is 5.80. The van der Waals surface area contributed by atoms with Crippen molar-refractivity contribution < 1.29 is 29.0 Å². The molecule has 2 atom stereocenters. The van der Waals surface area contributed by atoms with Crippen LogP contribution in [0.1, 0.15) is 42.7 Å². The van der Waals surface area contributed by atoms with Crippen molar-refractivity contribution in [3.63, 3.8) is 0 Å². The fourth-order valence-corrected chi connectivity index (χ4v) is 5.31. The molecule has 1 saturated heterocycles. The van der Waals surface area contributed by atoms with Gasteiger partial charge in [-0.15, -0.1) is 0 Å². The van der Waals surface area contributed by atoms with Crippen LogP contribution in [0, 0.1) is 5.92 Å². The second-order valence-electron chi connectivity index (χ2n) is 9.51. The molecule has 35 heavy (non-hydrogen) atoms. The number of carbonyl (C=O) groups is 3. The summed E-state index contributed by atoms with van der Waals surface area (Å²) >= 11 is 0. The van der Waals surface area contributed by atoms with Gasteiger partial charge in [0.15, 0.2) is 6.10 Å². The average molecular weight is 479 g/mol. The number of nitrogens with zero attached hydrogens (tertiary/aromatic N) is 1. The fourth-order valence-electron chi connectivity index (χ4n) is 5.31. The zero-order chi connectivity index (χ0) is 24.4. The van der Waals surface area contributed by atoms with Gasteiger partial charge in [0.05, 0.1) is 13.2 Å². The lowest BCUT2D eigenvalue weighted by Crippen LogP contribution is -2.51. The quantitative estimate of drug-likeness (QED) is 0.632. The van der Waals surface area contributed by atoms with Gasteiger partial charge < -0.3 is 24.8 Å². The maximum absolute atomic E-state index is 12.9. The van der Waals surface area contributed by atoms with Crippen LogP contribution in [-0.2, 0) is 19.1 Å². The number of hydrogen-bond donors (Lipinski definition) is 2. The summed E-state index contributed by atoms with van der Waals surface area (Å²) < 4.78 is 10.9. The van der Waals surface area contributed by atoms with Crippen LogP contribution in [-0.4, -0.2) is 66.4 Å². The maximum atomic E-state index is 12.9. The van der Waals surface area contributed by atoms with Crippen molar-refractivity contribution in [3.8, 4) is 11.1 Å². The van der Waals surface area contributed by atoms with Crippen LogP contribution < -0.4 is 5.32 Å². The number of ether oxygens (including phenoxy) is 2. The van der Waals surface area contributed by atoms with E-state index in [0.717, 1.165) is 30.4 Å². The predicted molar refractivity (Wildman–Crippen MR) is 128 cm³/mol. The van der Waals surface area contributed by atoms with E-state index in [-0.39, 0.29) is 50.0 Å². The van der Waals surface area contributed by atoms with Crippen LogP contribution in [0.5, 0.6) is 0 Å². The van der Waals surface area contributed by atoms with E-state index in [9.17, 15) is 19.5 Å². The summed E-state index contributed by atoms with van der Waals surface area (Å²) in [5.41, 5.74) is 4.63. The van der Waals surface area contributed by atoms with Crippen molar-refractivity contribution in [2.45, 2.75) is 43.7 Å². The summed E-state index contributed by atoms with van der Waals surface area (Å²) in [6.45, 7) is 0.785. The number of carbonyl (C=O) groups excluding carboxylic acids is 2. The standard InChI is InChI=1S/C27H30N2O6/c30-25(29-12-13-34-24(15-29)26(31)32)14-23(17-6-5-7-17)28-27(33)35-16-22-20-10-3-1-8-18(20)19-9-2-4-11-21(19)22/h1-4,8-11,17,22-24H,5-7,12-16H2,(H,28,33)(H,31,32). The minimum absolute atomic E-state index is 0.0243. The second-order valence-corrected chi connectivity index (χ2v) is 9.51. The lowest BCUT2D eigenvalue weighted by Gasteiger charge is -2.36. The molecule has 1 saturated carbocycles. The van der Waals surface area contributed by atoms with Crippen LogP contribution in [0.4, 0.5) is 4.79 Å². The van der Waals surface area contributed by atoms with E-state index in [1.165, 1.54) is 16.0 Å². The highest BCUT2D eigenvalue weighted by Gasteiger charge is 2.35. The Hall–Kier alpha value is -3.39. The predicted octanol–water partition coefficient (Wildman–Crippen LogP) is 3.40. The van der Waals surface area contributed by atoms with Crippen LogP contribution in [0.15, 0.2) is 48.5 Å². The number of benzene rings is 2. The number of carboxylic acid groups (broad SMARTS) is 1. The van der Waals surface area contributed by atoms with E-state index >= 15 is 0 Å². The fraction of sp³-hybridized carbons (Fsp3) is 0.444. The van der Waals surface area contributed by atoms with Crippen molar-refractivity contribution in [2.24, 2.45) is 5.92 Å². The molecule has 2 fully saturated rings. The SMILES string of the molecule is O=C(NC(CC(=O)N1CCOC(C(=O)O)C1)C1CCC1)OCC1c2ccccc2-c2ccccc21. The Bertz CT molecular complexity index is 1070. The normalized spacial score (nSPS) is 20.3. The molecule has 2 unspecified atom stereocenters. The molecule has 8 nitrogen and oxygen atoms in total. The van der Waals surface area contributed by atoms with Crippen molar-refractivity contribution in [1.29, 1.82) is 0 Å². The van der Waals surface area contributed by atoms with Gasteiger partial charge in [0, 0.05) is 24.9 Å². The molecule has 2 N–H and O–H groups in total. The number of aliphatic carboxylic acids is 1. The molecule has 0 bridgehead atoms. The lowest BCUT2D eigenvalue weighted by atomic mass is 9.78. The first kappa shape index (κ1) is 23.4. The molecule has 8 heteroatoms. The molecule has 2 aromatic carbocycles. The van der Waals surface area contributed by atoms with Crippen LogP contribution in [0.3, 0.4) is 0 Å². The zero-order valence-corrected chi connectivity index (χ0v) is 19.5. The van der Waals surface area contributed by atoms with Crippen LogP contribution >= 0.6 is 0 Å². The van der Waals surface area contributed by atoms with Crippen molar-refractivity contribution >= 4 is 18.0 Å². The van der Waals surface area contributed by atoms with Gasteiger partial charge in [-0.1, -0.05) is 55.0 Å². The van der Waals surface area contributed by atoms with E-state index in [1.807, 2.05) is 24.3 Å². The van der Waals surface area contributed by atoms with Crippen LogP contribution in [0.2, 0.25) is 0 Å². The van der Waals surface area contributed by atoms with E-state index in [1.54, 1.807) is 0 Å². The first-order valence-electron chi connectivity index (χ1n) is 12.2. The molecule has 0 aromatic heterocycles. The number of morpholine rings is 1. The maximum Gasteiger partial charge on any atom is 0.407 e. The van der Waals surface area contributed by atoms with E-state index in [0.29, 0.717) is 6.54 Å². The zero-order valence-electron chi connectivity index (χ0n) is 19.5. The number of carboxylic acids is 1. The number of fused-ring (bicyclic) bond motifs is 3. The number of hydrogen-bond acceptors (Lipinski definition) is 5. The molecule has 2 aliphatic carbocycles. The first-order valence-corrected chi connectivity index (χ1v) is 12.2. The smallest absolute Gasteiger partial charge is 0.407 e. The molecule has 2 amide bonds. The van der Waals surface area contributed by atoms with Gasteiger partial charge in [0.2, 0.25) is 5.91 Å². The summed E-state index contributed by atoms with van der Waals surface area (Å²) in [7, 11) is 0. The third-order valence-electron chi connectivity index (χ3n) is 7.45. The molecule has 2 aromatic rings. The van der Waals surface area contributed by atoms with Crippen molar-refractivity contribution in [2.75, 3.05) is 26.3 Å². The topological polar surface area (TPSA) is 105 Å². The summed E-state index contributed by atoms with van der Waals surface area (Å²) in [6, 6.07) is 16.0. The molecule has 0 radical (unpaired) electrons. The Morgan fingerprint density at radius 2 is 1.71 bits per heavy atom. The highest BCUT2D eigenvalue weighted by Crippen LogP contribution is 2.44. The summed E-state index contributed by atoms with van der Waals surface area (Å²) in [4.78, 5) is 38.5. The third kappa shape index (κ3) is 4.89. The largest absolute Gasteiger partial charge is 0.479 e. The second kappa shape index (κ2) is 10.1.